The van der Waals surface area contributed by atoms with Gasteiger partial charge in [0.2, 0.25) is 0 Å². The maximum atomic E-state index is 11.0. The third kappa shape index (κ3) is 13.4. The van der Waals surface area contributed by atoms with Crippen molar-refractivity contribution in [1.29, 1.82) is 0 Å². The van der Waals surface area contributed by atoms with E-state index >= 15 is 0 Å². The van der Waals surface area contributed by atoms with Crippen LogP contribution in [-0.2, 0) is 18.9 Å². The van der Waals surface area contributed by atoms with Gasteiger partial charge in [0.15, 0.2) is 24.9 Å². The SMILES string of the molecule is COc1ccc(-c2cn([C@@H]3O[C@H](CO)C(O)[C@@]3(C)O)c3ncnc(N)c23)cc1.C[C@@]1(O)C(O)[C@@H](CO)O[C@H]1n1cc(-c2ccc3ccccc3c2)c2c(N)ncnc21.C[C@@]1(O)C(O)[C@@H](CO)O[C@H]1n1cc(-c2cccc3ccccc23)c2c(N)ncnc21.C[C@@]1(O)C(O)[C@@H](CO)O[C@H]1n1cc(-c2ccccc2)c2c(N)ncnc21. The summed E-state index contributed by atoms with van der Waals surface area (Å²) in [5.74, 6) is 1.92. The Kier molecular flexibility index (Phi) is 20.9. The zero-order valence-electron chi connectivity index (χ0n) is 62.2. The third-order valence-electron chi connectivity index (χ3n) is 21.9. The van der Waals surface area contributed by atoms with Crippen molar-refractivity contribution in [2.75, 3.05) is 56.5 Å². The van der Waals surface area contributed by atoms with Crippen molar-refractivity contribution in [3.05, 3.63) is 190 Å². The topological polar surface area (TPSA) is 516 Å². The zero-order chi connectivity index (χ0) is 80.6. The van der Waals surface area contributed by atoms with Crippen LogP contribution >= 0.6 is 0 Å². The molecule has 4 aliphatic heterocycles. The fourth-order valence-corrected chi connectivity index (χ4v) is 15.8. The average molecular weight is 1560 g/mol. The minimum atomic E-state index is -1.64. The second-order valence-corrected chi connectivity index (χ2v) is 29.3. The highest BCUT2D eigenvalue weighted by atomic mass is 16.6. The molecule has 592 valence electrons. The molecular weight excluding hydrogens is 1470 g/mol. The zero-order valence-corrected chi connectivity index (χ0v) is 62.2. The maximum Gasteiger partial charge on any atom is 0.167 e. The lowest BCUT2D eigenvalue weighted by molar-refractivity contribution is -0.0948. The molecule has 18 rings (SSSR count). The number of nitrogens with zero attached hydrogens (tertiary/aromatic N) is 12. The van der Waals surface area contributed by atoms with E-state index in [4.69, 9.17) is 46.6 Å². The molecule has 0 radical (unpaired) electrons. The molecule has 0 saturated carbocycles. The summed E-state index contributed by atoms with van der Waals surface area (Å²) < 4.78 is 34.9. The number of anilines is 4. The summed E-state index contributed by atoms with van der Waals surface area (Å²) in [6, 6.07) is 45.1. The van der Waals surface area contributed by atoms with Crippen molar-refractivity contribution >= 4 is 88.9 Å². The number of hydrogen-bond acceptors (Lipinski definition) is 29. The van der Waals surface area contributed by atoms with Crippen LogP contribution in [0.4, 0.5) is 23.3 Å². The van der Waals surface area contributed by atoms with Crippen molar-refractivity contribution in [3.8, 4) is 50.3 Å². The van der Waals surface area contributed by atoms with E-state index in [2.05, 4.69) is 45.9 Å². The molecule has 6 aromatic carbocycles. The van der Waals surface area contributed by atoms with E-state index in [0.29, 0.717) is 67.3 Å². The molecule has 4 fully saturated rings. The number of nitrogen functional groups attached to an aromatic ring is 4. The van der Waals surface area contributed by atoms with Crippen LogP contribution in [0.25, 0.3) is 110 Å². The number of aliphatic hydroxyl groups excluding tert-OH is 8. The third-order valence-corrected chi connectivity index (χ3v) is 21.9. The lowest BCUT2D eigenvalue weighted by atomic mass is 9.96. The minimum absolute atomic E-state index is 0.284. The van der Waals surface area contributed by atoms with Gasteiger partial charge < -0.3 is 126 Å². The highest BCUT2D eigenvalue weighted by Gasteiger charge is 2.57. The van der Waals surface area contributed by atoms with Gasteiger partial charge >= 0.3 is 0 Å². The summed E-state index contributed by atoms with van der Waals surface area (Å²) in [6.45, 7) is 4.22. The Morgan fingerprint density at radius 1 is 0.351 bits per heavy atom. The van der Waals surface area contributed by atoms with Crippen molar-refractivity contribution < 1.29 is 85.0 Å². The number of methoxy groups -OCH3 is 1. The first-order valence-corrected chi connectivity index (χ1v) is 36.5. The molecule has 4 aliphatic rings. The summed E-state index contributed by atoms with van der Waals surface area (Å²) in [6.07, 6.45) is 0.00836. The summed E-state index contributed by atoms with van der Waals surface area (Å²) in [5, 5.41) is 130. The molecule has 4 unspecified atom stereocenters. The summed E-state index contributed by atoms with van der Waals surface area (Å²) >= 11 is 0. The Morgan fingerprint density at radius 2 is 0.667 bits per heavy atom. The monoisotopic (exact) mass is 1550 g/mol. The van der Waals surface area contributed by atoms with Crippen molar-refractivity contribution in [1.82, 2.24) is 58.1 Å². The van der Waals surface area contributed by atoms with Gasteiger partial charge in [-0.1, -0.05) is 121 Å². The van der Waals surface area contributed by atoms with Gasteiger partial charge in [-0.2, -0.15) is 0 Å². The molecule has 14 aromatic rings. The largest absolute Gasteiger partial charge is 0.497 e. The van der Waals surface area contributed by atoms with Crippen LogP contribution in [0, 0.1) is 0 Å². The molecule has 16 atom stereocenters. The summed E-state index contributed by atoms with van der Waals surface area (Å²) in [4.78, 5) is 33.9. The van der Waals surface area contributed by atoms with Crippen LogP contribution in [0.15, 0.2) is 190 Å². The molecule has 33 heteroatoms. The van der Waals surface area contributed by atoms with E-state index in [0.717, 1.165) is 66.1 Å². The van der Waals surface area contributed by atoms with Crippen LogP contribution in [0.5, 0.6) is 5.75 Å². The number of aliphatic hydroxyl groups is 12. The number of ether oxygens (including phenoxy) is 5. The van der Waals surface area contributed by atoms with Crippen molar-refractivity contribution in [2.45, 2.75) is 124 Å². The quantitative estimate of drug-likeness (QED) is 0.0718. The molecule has 0 amide bonds. The Morgan fingerprint density at radius 3 is 1.04 bits per heavy atom. The highest BCUT2D eigenvalue weighted by Crippen LogP contribution is 2.49. The van der Waals surface area contributed by atoms with E-state index in [-0.39, 0.29) is 5.82 Å². The number of hydrogen-bond donors (Lipinski definition) is 16. The van der Waals surface area contributed by atoms with Gasteiger partial charge in [0.1, 0.15) is 148 Å². The van der Waals surface area contributed by atoms with Crippen LogP contribution in [0.2, 0.25) is 0 Å². The fraction of sp³-hybridized carbons (Fsp3) is 0.309. The molecule has 0 spiro atoms. The first-order valence-electron chi connectivity index (χ1n) is 36.5. The number of nitrogens with two attached hydrogens (primary N) is 4. The summed E-state index contributed by atoms with van der Waals surface area (Å²) in [5.41, 5.74) is 26.7. The highest BCUT2D eigenvalue weighted by molar-refractivity contribution is 6.08. The van der Waals surface area contributed by atoms with Gasteiger partial charge in [0.25, 0.3) is 0 Å². The molecule has 8 aromatic heterocycles. The number of fused-ring (bicyclic) bond motifs is 6. The standard InChI is InChI=1S/2C22H22N4O4.C19H22N4O5.C18H20N4O4/c1-22(29)18(28)16(10-27)30-21(22)26-9-15(17-19(23)24-11-25-20(17)26)14-8-4-6-12-5-2-3-7-13(12)14;1-22(29)18(28)16(10-27)30-21(22)26-9-15(17-19(23)24-11-25-20(17)26)14-7-6-12-4-2-3-5-13(12)8-14;1-19(26)15(25)13(8-24)28-18(19)23-7-12(10-3-5-11(27-2)6-4-10)14-16(20)21-9-22-17(14)23;1-18(25)14(24)12(8-23)26-17(18)22-7-11(10-5-3-2-4-6-10)13-15(19)20-9-21-16(13)22/h2*2-9,11,16,18,21,27-29H,10H2,1H3,(H2,23,24,25);3-7,9,13,15,18,24-26H,8H2,1-2H3,(H2,20,21,22);2-7,9,12,14,17,23-25H,8H2,1H3,(H2,19,20,21)/t2*16-,18?,21-,22-;13-,15?,18-,19-;12-,14?,17-,18-/m1111/s1. The second-order valence-electron chi connectivity index (χ2n) is 29.3. The molecule has 33 nitrogen and oxygen atoms in total. The van der Waals surface area contributed by atoms with Crippen molar-refractivity contribution in [2.24, 2.45) is 0 Å². The molecule has 20 N–H and O–H groups in total. The van der Waals surface area contributed by atoms with E-state index in [1.807, 2.05) is 140 Å². The van der Waals surface area contributed by atoms with Gasteiger partial charge in [0, 0.05) is 47.0 Å². The van der Waals surface area contributed by atoms with E-state index < -0.39 is 123 Å². The van der Waals surface area contributed by atoms with Crippen molar-refractivity contribution in [3.63, 3.8) is 0 Å². The van der Waals surface area contributed by atoms with Crippen LogP contribution in [0.3, 0.4) is 0 Å². The first kappa shape index (κ1) is 78.0. The maximum absolute atomic E-state index is 11.0. The molecule has 114 heavy (non-hydrogen) atoms. The lowest BCUT2D eigenvalue weighted by Crippen LogP contribution is -2.44. The van der Waals surface area contributed by atoms with Gasteiger partial charge in [-0.15, -0.1) is 0 Å². The molecular formula is C81H86N16O17. The van der Waals surface area contributed by atoms with Crippen LogP contribution < -0.4 is 27.7 Å². The summed E-state index contributed by atoms with van der Waals surface area (Å²) in [7, 11) is 1.59. The number of aromatic nitrogens is 12. The molecule has 0 bridgehead atoms. The average Bonchev–Trinajstić information content (AvgIpc) is 1.60. The minimum Gasteiger partial charge on any atom is -0.497 e. The second kappa shape index (κ2) is 30.5. The predicted octanol–water partition coefficient (Wildman–Crippen LogP) is 5.04. The van der Waals surface area contributed by atoms with E-state index in [9.17, 15) is 61.3 Å². The Balaban J connectivity index is 0.000000120. The fourth-order valence-electron chi connectivity index (χ4n) is 15.8. The van der Waals surface area contributed by atoms with Gasteiger partial charge in [-0.3, -0.25) is 0 Å². The Hall–Kier alpha value is -11.3. The molecule has 12 heterocycles. The Bertz CT molecular complexity index is 5850. The van der Waals surface area contributed by atoms with Gasteiger partial charge in [-0.05, 0) is 89.7 Å². The molecule has 0 aliphatic carbocycles. The van der Waals surface area contributed by atoms with Gasteiger partial charge in [0.05, 0.1) is 55.1 Å². The predicted molar refractivity (Wildman–Crippen MR) is 422 cm³/mol. The number of benzene rings is 6. The molecule has 4 saturated heterocycles. The van der Waals surface area contributed by atoms with E-state index in [1.54, 1.807) is 44.0 Å². The first-order chi connectivity index (χ1) is 54.7. The van der Waals surface area contributed by atoms with Crippen LogP contribution in [0.1, 0.15) is 52.6 Å². The van der Waals surface area contributed by atoms with Crippen LogP contribution in [-0.4, -0.2) is 224 Å². The van der Waals surface area contributed by atoms with E-state index in [1.165, 1.54) is 53.0 Å². The lowest BCUT2D eigenvalue weighted by Gasteiger charge is -2.27. The Labute approximate surface area is 649 Å². The smallest absolute Gasteiger partial charge is 0.167 e. The number of rotatable bonds is 13. The normalized spacial score (nSPS) is 27.3. The van der Waals surface area contributed by atoms with Gasteiger partial charge in [-0.25, -0.2) is 39.9 Å².